The number of halogens is 5. The molecule has 1 heterocycles. The average Bonchev–Trinajstić information content (AvgIpc) is 2.37. The second-order valence-electron chi connectivity index (χ2n) is 3.79. The lowest BCUT2D eigenvalue weighted by Gasteiger charge is -2.10. The summed E-state index contributed by atoms with van der Waals surface area (Å²) < 4.78 is 53.3. The summed E-state index contributed by atoms with van der Waals surface area (Å²) in [4.78, 5) is 3.19. The molecule has 0 fully saturated rings. The van der Waals surface area contributed by atoms with Crippen LogP contribution in [0.5, 0.6) is 0 Å². The zero-order valence-corrected chi connectivity index (χ0v) is 13.8. The molecule has 0 spiro atoms. The van der Waals surface area contributed by atoms with Gasteiger partial charge in [0.05, 0.1) is 5.02 Å². The predicted octanol–water partition coefficient (Wildman–Crippen LogP) is 4.23. The van der Waals surface area contributed by atoms with E-state index in [9.17, 15) is 17.2 Å². The Hall–Kier alpha value is -0.960. The van der Waals surface area contributed by atoms with Crippen LogP contribution in [0.15, 0.2) is 33.8 Å². The molecule has 0 atom stereocenters. The third-order valence-electron chi connectivity index (χ3n) is 2.32. The van der Waals surface area contributed by atoms with E-state index in [0.717, 1.165) is 24.4 Å². The van der Waals surface area contributed by atoms with Gasteiger partial charge in [-0.3, -0.25) is 4.72 Å². The molecule has 2 rings (SSSR count). The standard InChI is InChI=1S/C11H5BrCl2F2N2O2S/c12-5-1-8(15)10(9(16)2-5)18-21(19,20)6-3-7(13)11(14)17-4-6/h1-4,18H. The Morgan fingerprint density at radius 3 is 2.24 bits per heavy atom. The third kappa shape index (κ3) is 3.63. The van der Waals surface area contributed by atoms with Crippen molar-refractivity contribution in [3.63, 3.8) is 0 Å². The van der Waals surface area contributed by atoms with E-state index in [1.165, 1.54) is 0 Å². The number of pyridine rings is 1. The summed E-state index contributed by atoms with van der Waals surface area (Å²) in [7, 11) is -4.26. The van der Waals surface area contributed by atoms with Crippen molar-refractivity contribution in [2.75, 3.05) is 4.72 Å². The number of anilines is 1. The van der Waals surface area contributed by atoms with E-state index in [1.807, 2.05) is 0 Å². The van der Waals surface area contributed by atoms with Crippen LogP contribution in [0.3, 0.4) is 0 Å². The number of rotatable bonds is 3. The van der Waals surface area contributed by atoms with Crippen molar-refractivity contribution in [1.82, 2.24) is 4.98 Å². The summed E-state index contributed by atoms with van der Waals surface area (Å²) in [6.45, 7) is 0. The summed E-state index contributed by atoms with van der Waals surface area (Å²) in [5.74, 6) is -2.14. The number of aromatic nitrogens is 1. The first-order valence-corrected chi connectivity index (χ1v) is 8.22. The predicted molar refractivity (Wildman–Crippen MR) is 79.1 cm³/mol. The van der Waals surface area contributed by atoms with Crippen LogP contribution in [0.25, 0.3) is 0 Å². The molecule has 4 nitrogen and oxygen atoms in total. The van der Waals surface area contributed by atoms with Crippen molar-refractivity contribution in [3.8, 4) is 0 Å². The van der Waals surface area contributed by atoms with Crippen molar-refractivity contribution < 1.29 is 17.2 Å². The van der Waals surface area contributed by atoms with Crippen molar-refractivity contribution in [2.45, 2.75) is 4.90 Å². The molecule has 0 aliphatic heterocycles. The summed E-state index contributed by atoms with van der Waals surface area (Å²) in [6, 6.07) is 2.87. The molecule has 0 aliphatic carbocycles. The van der Waals surface area contributed by atoms with E-state index in [2.05, 4.69) is 20.9 Å². The van der Waals surface area contributed by atoms with Gasteiger partial charge in [0, 0.05) is 10.7 Å². The highest BCUT2D eigenvalue weighted by Crippen LogP contribution is 2.27. The van der Waals surface area contributed by atoms with Gasteiger partial charge < -0.3 is 0 Å². The van der Waals surface area contributed by atoms with E-state index in [-0.39, 0.29) is 19.5 Å². The molecule has 1 aromatic carbocycles. The maximum Gasteiger partial charge on any atom is 0.263 e. The lowest BCUT2D eigenvalue weighted by Crippen LogP contribution is -2.15. The maximum atomic E-state index is 13.6. The summed E-state index contributed by atoms with van der Waals surface area (Å²) in [6.07, 6.45) is 0.922. The zero-order valence-electron chi connectivity index (χ0n) is 9.87. The molecule has 1 aromatic heterocycles. The quantitative estimate of drug-likeness (QED) is 0.760. The van der Waals surface area contributed by atoms with E-state index >= 15 is 0 Å². The van der Waals surface area contributed by atoms with Crippen LogP contribution in [0, 0.1) is 11.6 Å². The van der Waals surface area contributed by atoms with Crippen LogP contribution in [-0.2, 0) is 10.0 Å². The molecule has 0 bridgehead atoms. The lowest BCUT2D eigenvalue weighted by molar-refractivity contribution is 0.581. The van der Waals surface area contributed by atoms with Gasteiger partial charge in [-0.1, -0.05) is 39.1 Å². The van der Waals surface area contributed by atoms with E-state index in [1.54, 1.807) is 4.72 Å². The van der Waals surface area contributed by atoms with Gasteiger partial charge in [0.15, 0.2) is 11.6 Å². The van der Waals surface area contributed by atoms with Crippen LogP contribution in [0.4, 0.5) is 14.5 Å². The molecule has 2 aromatic rings. The molecule has 0 saturated carbocycles. The van der Waals surface area contributed by atoms with Crippen LogP contribution in [-0.4, -0.2) is 13.4 Å². The average molecular weight is 418 g/mol. The Labute approximate surface area is 137 Å². The number of nitrogens with zero attached hydrogens (tertiary/aromatic N) is 1. The summed E-state index contributed by atoms with van der Waals surface area (Å²) >= 11 is 14.1. The highest BCUT2D eigenvalue weighted by atomic mass is 79.9. The van der Waals surface area contributed by atoms with Crippen molar-refractivity contribution in [3.05, 3.63) is 50.7 Å². The van der Waals surface area contributed by atoms with Crippen LogP contribution in [0.1, 0.15) is 0 Å². The Morgan fingerprint density at radius 1 is 1.14 bits per heavy atom. The van der Waals surface area contributed by atoms with Crippen LogP contribution >= 0.6 is 39.1 Å². The fraction of sp³-hybridized carbons (Fsp3) is 0. The molecule has 0 radical (unpaired) electrons. The first kappa shape index (κ1) is 16.4. The van der Waals surface area contributed by atoms with Crippen molar-refractivity contribution in [1.29, 1.82) is 0 Å². The van der Waals surface area contributed by atoms with Gasteiger partial charge in [0.1, 0.15) is 15.7 Å². The zero-order chi connectivity index (χ0) is 15.8. The molecule has 0 amide bonds. The maximum absolute atomic E-state index is 13.6. The van der Waals surface area contributed by atoms with Gasteiger partial charge in [-0.05, 0) is 18.2 Å². The number of benzene rings is 1. The fourth-order valence-corrected chi connectivity index (χ4v) is 3.17. The molecule has 0 saturated heterocycles. The van der Waals surface area contributed by atoms with Gasteiger partial charge in [0.25, 0.3) is 10.0 Å². The molecule has 0 unspecified atom stereocenters. The smallest absolute Gasteiger partial charge is 0.263 e. The lowest BCUT2D eigenvalue weighted by atomic mass is 10.3. The monoisotopic (exact) mass is 416 g/mol. The van der Waals surface area contributed by atoms with Gasteiger partial charge >= 0.3 is 0 Å². The minimum absolute atomic E-state index is 0.0865. The summed E-state index contributed by atoms with van der Waals surface area (Å²) in [5.41, 5.74) is -0.802. The first-order valence-electron chi connectivity index (χ1n) is 5.19. The Morgan fingerprint density at radius 2 is 1.71 bits per heavy atom. The van der Waals surface area contributed by atoms with Crippen molar-refractivity contribution >= 4 is 54.8 Å². The van der Waals surface area contributed by atoms with E-state index in [4.69, 9.17) is 23.2 Å². The fourth-order valence-electron chi connectivity index (χ4n) is 1.38. The number of hydrogen-bond donors (Lipinski definition) is 1. The van der Waals surface area contributed by atoms with Gasteiger partial charge in [0.2, 0.25) is 0 Å². The van der Waals surface area contributed by atoms with E-state index < -0.39 is 27.3 Å². The SMILES string of the molecule is O=S(=O)(Nc1c(F)cc(Br)cc1F)c1cnc(Cl)c(Cl)c1. The molecule has 10 heteroatoms. The normalized spacial score (nSPS) is 11.5. The van der Waals surface area contributed by atoms with Crippen LogP contribution in [0.2, 0.25) is 10.2 Å². The van der Waals surface area contributed by atoms with Gasteiger partial charge in [-0.25, -0.2) is 22.2 Å². The van der Waals surface area contributed by atoms with Gasteiger partial charge in [-0.15, -0.1) is 0 Å². The molecule has 0 aliphatic rings. The molecular formula is C11H5BrCl2F2N2O2S. The Kier molecular flexibility index (Phi) is 4.72. The highest BCUT2D eigenvalue weighted by molar-refractivity contribution is 9.10. The van der Waals surface area contributed by atoms with Crippen molar-refractivity contribution in [2.24, 2.45) is 0 Å². The molecule has 1 N–H and O–H groups in total. The topological polar surface area (TPSA) is 59.1 Å². The number of hydrogen-bond acceptors (Lipinski definition) is 3. The minimum atomic E-state index is -4.26. The Balaban J connectivity index is 2.44. The minimum Gasteiger partial charge on any atom is -0.274 e. The second-order valence-corrected chi connectivity index (χ2v) is 7.16. The van der Waals surface area contributed by atoms with E-state index in [0.29, 0.717) is 0 Å². The highest BCUT2D eigenvalue weighted by Gasteiger charge is 2.21. The first-order chi connectivity index (χ1) is 9.70. The molecular weight excluding hydrogens is 413 g/mol. The number of sulfonamides is 1. The largest absolute Gasteiger partial charge is 0.274 e. The van der Waals surface area contributed by atoms with Gasteiger partial charge in [-0.2, -0.15) is 0 Å². The third-order valence-corrected chi connectivity index (χ3v) is 4.79. The van der Waals surface area contributed by atoms with Crippen LogP contribution < -0.4 is 4.72 Å². The Bertz CT molecular complexity index is 795. The number of nitrogens with one attached hydrogen (secondary N) is 1. The molecule has 112 valence electrons. The second kappa shape index (κ2) is 6.04. The molecule has 21 heavy (non-hydrogen) atoms. The summed E-state index contributed by atoms with van der Waals surface area (Å²) in [5, 5.41) is -0.187.